The van der Waals surface area contributed by atoms with Gasteiger partial charge in [-0.3, -0.25) is 4.79 Å². The number of benzene rings is 3. The molecule has 0 atom stereocenters. The standard InChI is InChI=1S/C30H31BrN2O/c1-2-3-20-33(23-28-15-10-21-32(28)22-24-16-18-27(31)19-17-24)30(34)29(25-11-6-4-7-12-25)26-13-8-5-9-14-26/h4-19,21,29H,2-3,20,22-23H2,1H3. The summed E-state index contributed by atoms with van der Waals surface area (Å²) in [4.78, 5) is 16.1. The summed E-state index contributed by atoms with van der Waals surface area (Å²) in [5, 5.41) is 0. The Bertz CT molecular complexity index is 1130. The molecule has 0 unspecified atom stereocenters. The molecule has 4 heteroatoms. The van der Waals surface area contributed by atoms with Crippen molar-refractivity contribution in [1.29, 1.82) is 0 Å². The summed E-state index contributed by atoms with van der Waals surface area (Å²) in [7, 11) is 0. The van der Waals surface area contributed by atoms with Crippen molar-refractivity contribution in [3.05, 3.63) is 130 Å². The van der Waals surface area contributed by atoms with Crippen molar-refractivity contribution in [2.75, 3.05) is 6.54 Å². The highest BCUT2D eigenvalue weighted by Gasteiger charge is 2.27. The van der Waals surface area contributed by atoms with Gasteiger partial charge in [-0.05, 0) is 47.4 Å². The molecule has 1 heterocycles. The van der Waals surface area contributed by atoms with Crippen LogP contribution in [-0.4, -0.2) is 21.9 Å². The zero-order valence-corrected chi connectivity index (χ0v) is 21.2. The fourth-order valence-electron chi connectivity index (χ4n) is 4.30. The van der Waals surface area contributed by atoms with Gasteiger partial charge in [-0.1, -0.05) is 102 Å². The first-order valence-corrected chi connectivity index (χ1v) is 12.7. The van der Waals surface area contributed by atoms with E-state index in [-0.39, 0.29) is 11.8 Å². The Hall–Kier alpha value is -3.11. The molecule has 0 radical (unpaired) electrons. The molecule has 174 valence electrons. The van der Waals surface area contributed by atoms with Crippen LogP contribution in [0.15, 0.2) is 108 Å². The van der Waals surface area contributed by atoms with Crippen molar-refractivity contribution in [1.82, 2.24) is 9.47 Å². The largest absolute Gasteiger partial charge is 0.345 e. The highest BCUT2D eigenvalue weighted by atomic mass is 79.9. The minimum atomic E-state index is -0.311. The maximum absolute atomic E-state index is 14.1. The molecule has 3 nitrogen and oxygen atoms in total. The van der Waals surface area contributed by atoms with E-state index in [4.69, 9.17) is 0 Å². The van der Waals surface area contributed by atoms with E-state index in [2.05, 4.69) is 94.3 Å². The number of nitrogens with zero attached hydrogens (tertiary/aromatic N) is 2. The zero-order valence-electron chi connectivity index (χ0n) is 19.6. The summed E-state index contributed by atoms with van der Waals surface area (Å²) in [5.41, 5.74) is 4.45. The molecular weight excluding hydrogens is 484 g/mol. The van der Waals surface area contributed by atoms with E-state index in [0.717, 1.165) is 47.2 Å². The lowest BCUT2D eigenvalue weighted by Gasteiger charge is -2.28. The van der Waals surface area contributed by atoms with Gasteiger partial charge in [0.05, 0.1) is 12.5 Å². The van der Waals surface area contributed by atoms with E-state index < -0.39 is 0 Å². The van der Waals surface area contributed by atoms with E-state index in [0.29, 0.717) is 6.54 Å². The van der Waals surface area contributed by atoms with E-state index in [1.54, 1.807) is 0 Å². The fraction of sp³-hybridized carbons (Fsp3) is 0.233. The number of halogens is 1. The van der Waals surface area contributed by atoms with Crippen LogP contribution in [0, 0.1) is 0 Å². The molecule has 4 rings (SSSR count). The molecule has 0 aliphatic heterocycles. The van der Waals surface area contributed by atoms with Crippen LogP contribution in [0.25, 0.3) is 0 Å². The van der Waals surface area contributed by atoms with Gasteiger partial charge >= 0.3 is 0 Å². The number of carbonyl (C=O) groups is 1. The number of amides is 1. The number of rotatable bonds is 10. The van der Waals surface area contributed by atoms with E-state index in [9.17, 15) is 4.79 Å². The van der Waals surface area contributed by atoms with Crippen molar-refractivity contribution in [3.8, 4) is 0 Å². The molecule has 0 saturated heterocycles. The molecule has 0 spiro atoms. The van der Waals surface area contributed by atoms with Crippen LogP contribution in [0.3, 0.4) is 0 Å². The van der Waals surface area contributed by atoms with Crippen LogP contribution >= 0.6 is 15.9 Å². The van der Waals surface area contributed by atoms with Gasteiger partial charge in [0.15, 0.2) is 0 Å². The van der Waals surface area contributed by atoms with Crippen molar-refractivity contribution in [3.63, 3.8) is 0 Å². The molecule has 0 aliphatic rings. The van der Waals surface area contributed by atoms with Gasteiger partial charge in [-0.2, -0.15) is 0 Å². The average Bonchev–Trinajstić information content (AvgIpc) is 3.31. The molecule has 4 aromatic rings. The first-order valence-electron chi connectivity index (χ1n) is 11.9. The highest BCUT2D eigenvalue weighted by molar-refractivity contribution is 9.10. The van der Waals surface area contributed by atoms with Gasteiger partial charge in [0.25, 0.3) is 0 Å². The summed E-state index contributed by atoms with van der Waals surface area (Å²) in [6.07, 6.45) is 4.13. The van der Waals surface area contributed by atoms with E-state index >= 15 is 0 Å². The van der Waals surface area contributed by atoms with E-state index in [1.807, 2.05) is 41.3 Å². The Morgan fingerprint density at radius 1 is 0.853 bits per heavy atom. The van der Waals surface area contributed by atoms with Gasteiger partial charge in [-0.25, -0.2) is 0 Å². The number of carbonyl (C=O) groups excluding carboxylic acids is 1. The van der Waals surface area contributed by atoms with Crippen LogP contribution in [0.2, 0.25) is 0 Å². The van der Waals surface area contributed by atoms with Gasteiger partial charge in [0, 0.05) is 29.5 Å². The quantitative estimate of drug-likeness (QED) is 0.218. The van der Waals surface area contributed by atoms with Crippen LogP contribution in [0.1, 0.15) is 48.1 Å². The molecule has 1 aromatic heterocycles. The molecule has 0 bridgehead atoms. The monoisotopic (exact) mass is 514 g/mol. The maximum Gasteiger partial charge on any atom is 0.234 e. The molecule has 0 saturated carbocycles. The van der Waals surface area contributed by atoms with Crippen LogP contribution in [0.5, 0.6) is 0 Å². The zero-order chi connectivity index (χ0) is 23.8. The predicted octanol–water partition coefficient (Wildman–Crippen LogP) is 7.26. The highest BCUT2D eigenvalue weighted by Crippen LogP contribution is 2.28. The summed E-state index contributed by atoms with van der Waals surface area (Å²) in [6, 6.07) is 32.9. The fourth-order valence-corrected chi connectivity index (χ4v) is 4.56. The first-order chi connectivity index (χ1) is 16.7. The summed E-state index contributed by atoms with van der Waals surface area (Å²) in [6.45, 7) is 4.30. The molecular formula is C30H31BrN2O. The Kier molecular flexibility index (Phi) is 8.37. The summed E-state index contributed by atoms with van der Waals surface area (Å²) >= 11 is 3.51. The van der Waals surface area contributed by atoms with E-state index in [1.165, 1.54) is 5.56 Å². The van der Waals surface area contributed by atoms with Gasteiger partial charge in [0.1, 0.15) is 0 Å². The normalized spacial score (nSPS) is 11.0. The van der Waals surface area contributed by atoms with Gasteiger partial charge < -0.3 is 9.47 Å². The Morgan fingerprint density at radius 2 is 1.47 bits per heavy atom. The third-order valence-corrected chi connectivity index (χ3v) is 6.68. The number of aromatic nitrogens is 1. The average molecular weight is 515 g/mol. The summed E-state index contributed by atoms with van der Waals surface area (Å²) < 4.78 is 3.32. The van der Waals surface area contributed by atoms with Crippen molar-refractivity contribution >= 4 is 21.8 Å². The minimum Gasteiger partial charge on any atom is -0.345 e. The van der Waals surface area contributed by atoms with Gasteiger partial charge in [-0.15, -0.1) is 0 Å². The van der Waals surface area contributed by atoms with Crippen LogP contribution in [0.4, 0.5) is 0 Å². The number of unbranched alkanes of at least 4 members (excludes halogenated alkanes) is 1. The third kappa shape index (κ3) is 6.06. The molecule has 0 aliphatic carbocycles. The minimum absolute atomic E-state index is 0.155. The van der Waals surface area contributed by atoms with Crippen LogP contribution in [-0.2, 0) is 17.9 Å². The lowest BCUT2D eigenvalue weighted by Crippen LogP contribution is -2.36. The Morgan fingerprint density at radius 3 is 2.06 bits per heavy atom. The Balaban J connectivity index is 1.62. The predicted molar refractivity (Wildman–Crippen MR) is 143 cm³/mol. The topological polar surface area (TPSA) is 25.2 Å². The second kappa shape index (κ2) is 11.8. The molecule has 0 fully saturated rings. The third-order valence-electron chi connectivity index (χ3n) is 6.15. The molecule has 0 N–H and O–H groups in total. The number of hydrogen-bond acceptors (Lipinski definition) is 1. The SMILES string of the molecule is CCCCN(Cc1cccn1Cc1ccc(Br)cc1)C(=O)C(c1ccccc1)c1ccccc1. The second-order valence-corrected chi connectivity index (χ2v) is 9.54. The maximum atomic E-state index is 14.1. The van der Waals surface area contributed by atoms with Crippen LogP contribution < -0.4 is 0 Å². The summed E-state index contributed by atoms with van der Waals surface area (Å²) in [5.74, 6) is -0.156. The van der Waals surface area contributed by atoms with Crippen molar-refractivity contribution in [2.45, 2.75) is 38.8 Å². The molecule has 1 amide bonds. The van der Waals surface area contributed by atoms with Crippen molar-refractivity contribution < 1.29 is 4.79 Å². The van der Waals surface area contributed by atoms with Gasteiger partial charge in [0.2, 0.25) is 5.91 Å². The smallest absolute Gasteiger partial charge is 0.234 e. The number of hydrogen-bond donors (Lipinski definition) is 0. The van der Waals surface area contributed by atoms with Crippen molar-refractivity contribution in [2.24, 2.45) is 0 Å². The lowest BCUT2D eigenvalue weighted by molar-refractivity contribution is -0.132. The lowest BCUT2D eigenvalue weighted by atomic mass is 9.90. The first kappa shape index (κ1) is 24.0. The molecule has 34 heavy (non-hydrogen) atoms. The second-order valence-electron chi connectivity index (χ2n) is 8.62. The Labute approximate surface area is 211 Å². The molecule has 3 aromatic carbocycles.